The minimum absolute atomic E-state index is 0.133. The Balaban J connectivity index is 3.51. The summed E-state index contributed by atoms with van der Waals surface area (Å²) in [6.07, 6.45) is -2.98. The number of hydrogen-bond donors (Lipinski definition) is 1. The Bertz CT molecular complexity index is 421. The van der Waals surface area contributed by atoms with E-state index in [0.717, 1.165) is 6.07 Å². The molecule has 0 bridgehead atoms. The van der Waals surface area contributed by atoms with Gasteiger partial charge < -0.3 is 4.98 Å². The molecule has 0 fully saturated rings. The summed E-state index contributed by atoms with van der Waals surface area (Å²) in [7, 11) is 0. The van der Waals surface area contributed by atoms with Crippen LogP contribution in [0.15, 0.2) is 10.9 Å². The lowest BCUT2D eigenvalue weighted by atomic mass is 10.1. The van der Waals surface area contributed by atoms with E-state index in [1.165, 1.54) is 6.07 Å². The van der Waals surface area contributed by atoms with Crippen LogP contribution in [0.2, 0.25) is 5.15 Å². The van der Waals surface area contributed by atoms with Crippen molar-refractivity contribution in [1.29, 1.82) is 5.26 Å². The van der Waals surface area contributed by atoms with E-state index in [2.05, 4.69) is 0 Å². The lowest BCUT2D eigenvalue weighted by Gasteiger charge is -2.00. The van der Waals surface area contributed by atoms with Gasteiger partial charge in [-0.05, 0) is 6.07 Å². The van der Waals surface area contributed by atoms with Crippen molar-refractivity contribution >= 4 is 11.6 Å². The lowest BCUT2D eigenvalue weighted by Crippen LogP contribution is -2.15. The van der Waals surface area contributed by atoms with Gasteiger partial charge in [0.05, 0.1) is 11.6 Å². The minimum atomic E-state index is -2.98. The zero-order chi connectivity index (χ0) is 10.0. The first-order chi connectivity index (χ1) is 6.06. The van der Waals surface area contributed by atoms with Crippen molar-refractivity contribution in [3.8, 4) is 6.07 Å². The minimum Gasteiger partial charge on any atom is -0.312 e. The van der Waals surface area contributed by atoms with Gasteiger partial charge in [-0.2, -0.15) is 5.26 Å². The topological polar surface area (TPSA) is 56.6 Å². The summed E-state index contributed by atoms with van der Waals surface area (Å²) in [5, 5.41) is 8.29. The lowest BCUT2D eigenvalue weighted by molar-refractivity contribution is 0.149. The summed E-state index contributed by atoms with van der Waals surface area (Å²) in [5.74, 6) is 0. The second kappa shape index (κ2) is 3.54. The normalized spacial score (nSPS) is 10.1. The highest BCUT2D eigenvalue weighted by atomic mass is 35.5. The van der Waals surface area contributed by atoms with E-state index in [0.29, 0.717) is 0 Å². The summed E-state index contributed by atoms with van der Waals surface area (Å²) in [4.78, 5) is 12.9. The van der Waals surface area contributed by atoms with Crippen LogP contribution in [0.3, 0.4) is 0 Å². The summed E-state index contributed by atoms with van der Waals surface area (Å²) in [6.45, 7) is 0. The van der Waals surface area contributed by atoms with Crippen molar-refractivity contribution in [2.75, 3.05) is 0 Å². The van der Waals surface area contributed by atoms with Crippen molar-refractivity contribution < 1.29 is 8.78 Å². The number of halogens is 3. The van der Waals surface area contributed by atoms with E-state index in [-0.39, 0.29) is 5.15 Å². The maximum absolute atomic E-state index is 12.2. The number of nitriles is 1. The molecule has 0 spiro atoms. The fourth-order valence-electron chi connectivity index (χ4n) is 0.848. The largest absolute Gasteiger partial charge is 0.312 e. The molecule has 0 aliphatic carbocycles. The predicted octanol–water partition coefficient (Wildman–Crippen LogP) is 1.84. The Kier molecular flexibility index (Phi) is 2.63. The number of pyridine rings is 1. The van der Waals surface area contributed by atoms with Gasteiger partial charge in [0.1, 0.15) is 10.7 Å². The van der Waals surface area contributed by atoms with Crippen LogP contribution >= 0.6 is 11.6 Å². The molecule has 1 heterocycles. The highest BCUT2D eigenvalue weighted by molar-refractivity contribution is 6.29. The average Bonchev–Trinajstić information content (AvgIpc) is 2.01. The van der Waals surface area contributed by atoms with Crippen LogP contribution in [0.1, 0.15) is 17.6 Å². The molecule has 0 atom stereocenters. The Hall–Kier alpha value is -1.41. The molecule has 3 nitrogen and oxygen atoms in total. The van der Waals surface area contributed by atoms with Gasteiger partial charge in [-0.25, -0.2) is 8.78 Å². The standard InChI is InChI=1S/C7H3ClF2N2O/c8-4-1-3(2-11)5(6(9)10)7(13)12-4/h1,6H,(H,12,13). The van der Waals surface area contributed by atoms with Crippen molar-refractivity contribution in [1.82, 2.24) is 4.98 Å². The average molecular weight is 205 g/mol. The Morgan fingerprint density at radius 1 is 1.62 bits per heavy atom. The number of nitrogens with zero attached hydrogens (tertiary/aromatic N) is 1. The number of aromatic amines is 1. The van der Waals surface area contributed by atoms with Crippen LogP contribution in [0, 0.1) is 11.3 Å². The Morgan fingerprint density at radius 2 is 2.23 bits per heavy atom. The Labute approximate surface area is 76.6 Å². The molecule has 0 unspecified atom stereocenters. The third-order valence-corrected chi connectivity index (χ3v) is 1.58. The summed E-state index contributed by atoms with van der Waals surface area (Å²) < 4.78 is 24.4. The quantitative estimate of drug-likeness (QED) is 0.710. The second-order valence-electron chi connectivity index (χ2n) is 2.19. The third kappa shape index (κ3) is 1.84. The number of nitrogens with one attached hydrogen (secondary N) is 1. The molecule has 0 radical (unpaired) electrons. The zero-order valence-electron chi connectivity index (χ0n) is 6.14. The van der Waals surface area contributed by atoms with Gasteiger partial charge in [0.2, 0.25) is 0 Å². The van der Waals surface area contributed by atoms with Crippen LogP contribution in [-0.4, -0.2) is 4.98 Å². The van der Waals surface area contributed by atoms with E-state index >= 15 is 0 Å². The van der Waals surface area contributed by atoms with Gasteiger partial charge in [-0.3, -0.25) is 4.79 Å². The molecule has 0 aromatic carbocycles. The molecule has 0 aliphatic rings. The number of hydrogen-bond acceptors (Lipinski definition) is 2. The van der Waals surface area contributed by atoms with Gasteiger partial charge >= 0.3 is 0 Å². The smallest absolute Gasteiger partial charge is 0.270 e. The maximum atomic E-state index is 12.2. The molecule has 1 aromatic heterocycles. The van der Waals surface area contributed by atoms with E-state index in [1.54, 1.807) is 0 Å². The number of rotatable bonds is 1. The second-order valence-corrected chi connectivity index (χ2v) is 2.59. The van der Waals surface area contributed by atoms with Gasteiger partial charge in [0.15, 0.2) is 0 Å². The first-order valence-electron chi connectivity index (χ1n) is 3.17. The first kappa shape index (κ1) is 9.68. The van der Waals surface area contributed by atoms with Gasteiger partial charge in [-0.15, -0.1) is 0 Å². The van der Waals surface area contributed by atoms with Crippen LogP contribution < -0.4 is 5.56 Å². The SMILES string of the molecule is N#Cc1cc(Cl)[nH]c(=O)c1C(F)F. The fourth-order valence-corrected chi connectivity index (χ4v) is 1.04. The van der Waals surface area contributed by atoms with Crippen LogP contribution in [0.5, 0.6) is 0 Å². The fraction of sp³-hybridized carbons (Fsp3) is 0.143. The maximum Gasteiger partial charge on any atom is 0.270 e. The van der Waals surface area contributed by atoms with E-state index in [9.17, 15) is 13.6 Å². The third-order valence-electron chi connectivity index (χ3n) is 1.38. The number of H-pyrrole nitrogens is 1. The highest BCUT2D eigenvalue weighted by Crippen LogP contribution is 2.19. The Morgan fingerprint density at radius 3 is 2.69 bits per heavy atom. The summed E-state index contributed by atoms with van der Waals surface area (Å²) in [6, 6.07) is 2.46. The van der Waals surface area contributed by atoms with Crippen LogP contribution in [0.4, 0.5) is 8.78 Å². The molecule has 1 aromatic rings. The first-order valence-corrected chi connectivity index (χ1v) is 3.55. The molecule has 0 saturated carbocycles. The zero-order valence-corrected chi connectivity index (χ0v) is 6.90. The van der Waals surface area contributed by atoms with Gasteiger partial charge in [0.25, 0.3) is 12.0 Å². The summed E-state index contributed by atoms with van der Waals surface area (Å²) >= 11 is 5.35. The molecule has 1 rings (SSSR count). The molecule has 0 amide bonds. The molecule has 1 N–H and O–H groups in total. The van der Waals surface area contributed by atoms with Crippen molar-refractivity contribution in [2.45, 2.75) is 6.43 Å². The molecule has 0 saturated heterocycles. The molecule has 13 heavy (non-hydrogen) atoms. The molecule has 68 valence electrons. The van der Waals surface area contributed by atoms with E-state index < -0.39 is 23.1 Å². The highest BCUT2D eigenvalue weighted by Gasteiger charge is 2.18. The molecule has 6 heteroatoms. The molecular weight excluding hydrogens is 202 g/mol. The van der Waals surface area contributed by atoms with Crippen LogP contribution in [-0.2, 0) is 0 Å². The van der Waals surface area contributed by atoms with Gasteiger partial charge in [-0.1, -0.05) is 11.6 Å². The van der Waals surface area contributed by atoms with E-state index in [4.69, 9.17) is 16.9 Å². The van der Waals surface area contributed by atoms with Crippen molar-refractivity contribution in [3.05, 3.63) is 32.7 Å². The van der Waals surface area contributed by atoms with Crippen molar-refractivity contribution in [3.63, 3.8) is 0 Å². The number of aromatic nitrogens is 1. The monoisotopic (exact) mass is 204 g/mol. The number of alkyl halides is 2. The predicted molar refractivity (Wildman–Crippen MR) is 41.7 cm³/mol. The van der Waals surface area contributed by atoms with Crippen LogP contribution in [0.25, 0.3) is 0 Å². The molecular formula is C7H3ClF2N2O. The van der Waals surface area contributed by atoms with E-state index in [1.807, 2.05) is 4.98 Å². The van der Waals surface area contributed by atoms with Gasteiger partial charge in [0, 0.05) is 0 Å². The summed E-state index contributed by atoms with van der Waals surface area (Å²) in [5.41, 5.74) is -2.27. The van der Waals surface area contributed by atoms with Crippen molar-refractivity contribution in [2.24, 2.45) is 0 Å². The molecule has 0 aliphatic heterocycles.